The van der Waals surface area contributed by atoms with Crippen molar-refractivity contribution in [1.82, 2.24) is 5.32 Å². The third kappa shape index (κ3) is 4.00. The summed E-state index contributed by atoms with van der Waals surface area (Å²) in [5.41, 5.74) is -0.238. The number of carbonyl (C=O) groups is 1. The van der Waals surface area contributed by atoms with E-state index in [1.165, 1.54) is 18.2 Å². The lowest BCUT2D eigenvalue weighted by Crippen LogP contribution is -2.26. The molecule has 18 heavy (non-hydrogen) atoms. The van der Waals surface area contributed by atoms with E-state index in [9.17, 15) is 14.9 Å². The second-order valence-corrected chi connectivity index (χ2v) is 4.79. The largest absolute Gasteiger partial charge is 0.352 e. The van der Waals surface area contributed by atoms with E-state index in [2.05, 4.69) is 5.32 Å². The Bertz CT molecular complexity index is 461. The third-order valence-corrected chi connectivity index (χ3v) is 2.64. The lowest BCUT2D eigenvalue weighted by atomic mass is 10.1. The number of carbonyl (C=O) groups excluding carboxylic acids is 1. The summed E-state index contributed by atoms with van der Waals surface area (Å²) in [6, 6.07) is 3.94. The van der Waals surface area contributed by atoms with Crippen molar-refractivity contribution in [3.8, 4) is 0 Å². The molecule has 0 unspecified atom stereocenters. The Morgan fingerprint density at radius 3 is 2.72 bits per heavy atom. The maximum Gasteiger partial charge on any atom is 0.282 e. The molecule has 1 aromatic rings. The molecule has 0 bridgehead atoms. The minimum Gasteiger partial charge on any atom is -0.352 e. The molecule has 0 aromatic heterocycles. The molecule has 1 amide bonds. The van der Waals surface area contributed by atoms with Gasteiger partial charge in [-0.3, -0.25) is 14.9 Å². The van der Waals surface area contributed by atoms with Crippen molar-refractivity contribution in [3.05, 3.63) is 38.9 Å². The standard InChI is InChI=1S/C12H15ClN2O3/c1-8(2)5-6-14-12(16)10-7-9(13)3-4-11(10)15(17)18/h3-4,7-8H,5-6H2,1-2H3,(H,14,16). The van der Waals surface area contributed by atoms with Gasteiger partial charge in [0.1, 0.15) is 5.56 Å². The zero-order valence-electron chi connectivity index (χ0n) is 10.3. The lowest BCUT2D eigenvalue weighted by Gasteiger charge is -2.07. The molecule has 0 heterocycles. The fourth-order valence-corrected chi connectivity index (χ4v) is 1.59. The van der Waals surface area contributed by atoms with Crippen molar-refractivity contribution in [2.45, 2.75) is 20.3 Å². The lowest BCUT2D eigenvalue weighted by molar-refractivity contribution is -0.385. The molecule has 0 aliphatic carbocycles. The first-order valence-corrected chi connectivity index (χ1v) is 6.01. The van der Waals surface area contributed by atoms with Gasteiger partial charge in [-0.1, -0.05) is 25.4 Å². The van der Waals surface area contributed by atoms with E-state index in [-0.39, 0.29) is 11.3 Å². The molecular weight excluding hydrogens is 256 g/mol. The summed E-state index contributed by atoms with van der Waals surface area (Å²) in [7, 11) is 0. The topological polar surface area (TPSA) is 72.2 Å². The van der Waals surface area contributed by atoms with Crippen molar-refractivity contribution < 1.29 is 9.72 Å². The summed E-state index contributed by atoms with van der Waals surface area (Å²) in [4.78, 5) is 22.0. The van der Waals surface area contributed by atoms with Gasteiger partial charge in [0.15, 0.2) is 0 Å². The zero-order valence-corrected chi connectivity index (χ0v) is 11.0. The number of nitro groups is 1. The van der Waals surface area contributed by atoms with Gasteiger partial charge in [-0.15, -0.1) is 0 Å². The Morgan fingerprint density at radius 2 is 2.17 bits per heavy atom. The number of nitro benzene ring substituents is 1. The summed E-state index contributed by atoms with van der Waals surface area (Å²) in [5, 5.41) is 13.8. The first-order chi connectivity index (χ1) is 8.41. The smallest absolute Gasteiger partial charge is 0.282 e. The van der Waals surface area contributed by atoms with Crippen LogP contribution in [-0.2, 0) is 0 Å². The number of nitrogens with zero attached hydrogens (tertiary/aromatic N) is 1. The summed E-state index contributed by atoms with van der Waals surface area (Å²) in [6.07, 6.45) is 0.820. The van der Waals surface area contributed by atoms with E-state index in [1.807, 2.05) is 13.8 Å². The summed E-state index contributed by atoms with van der Waals surface area (Å²) in [5.74, 6) is -0.00972. The number of hydrogen-bond donors (Lipinski definition) is 1. The highest BCUT2D eigenvalue weighted by atomic mass is 35.5. The van der Waals surface area contributed by atoms with Gasteiger partial charge in [0.25, 0.3) is 11.6 Å². The number of amides is 1. The number of nitrogens with one attached hydrogen (secondary N) is 1. The van der Waals surface area contributed by atoms with Crippen LogP contribution in [0.3, 0.4) is 0 Å². The molecule has 0 atom stereocenters. The van der Waals surface area contributed by atoms with E-state index >= 15 is 0 Å². The Balaban J connectivity index is 2.84. The van der Waals surface area contributed by atoms with Crippen molar-refractivity contribution in [1.29, 1.82) is 0 Å². The highest BCUT2D eigenvalue weighted by molar-refractivity contribution is 6.31. The second-order valence-electron chi connectivity index (χ2n) is 4.36. The van der Waals surface area contributed by atoms with Crippen molar-refractivity contribution >= 4 is 23.2 Å². The molecule has 0 aliphatic rings. The van der Waals surface area contributed by atoms with Crippen LogP contribution >= 0.6 is 11.6 Å². The first-order valence-electron chi connectivity index (χ1n) is 5.64. The van der Waals surface area contributed by atoms with Crippen LogP contribution in [0.2, 0.25) is 5.02 Å². The van der Waals surface area contributed by atoms with Crippen LogP contribution in [0.15, 0.2) is 18.2 Å². The van der Waals surface area contributed by atoms with E-state index in [1.54, 1.807) is 0 Å². The van der Waals surface area contributed by atoms with Crippen LogP contribution in [-0.4, -0.2) is 17.4 Å². The summed E-state index contributed by atoms with van der Waals surface area (Å²) < 4.78 is 0. The van der Waals surface area contributed by atoms with Crippen LogP contribution in [0.1, 0.15) is 30.6 Å². The molecule has 0 aliphatic heterocycles. The Hall–Kier alpha value is -1.62. The van der Waals surface area contributed by atoms with Crippen LogP contribution in [0.5, 0.6) is 0 Å². The van der Waals surface area contributed by atoms with Crippen LogP contribution in [0.4, 0.5) is 5.69 Å². The zero-order chi connectivity index (χ0) is 13.7. The quantitative estimate of drug-likeness (QED) is 0.660. The first kappa shape index (κ1) is 14.4. The van der Waals surface area contributed by atoms with E-state index in [0.29, 0.717) is 17.5 Å². The molecule has 1 N–H and O–H groups in total. The second kappa shape index (κ2) is 6.35. The fourth-order valence-electron chi connectivity index (χ4n) is 1.42. The number of halogens is 1. The minimum atomic E-state index is -0.590. The van der Waals surface area contributed by atoms with Crippen molar-refractivity contribution in [2.24, 2.45) is 5.92 Å². The fraction of sp³-hybridized carbons (Fsp3) is 0.417. The Kier molecular flexibility index (Phi) is 5.09. The highest BCUT2D eigenvalue weighted by Crippen LogP contribution is 2.22. The van der Waals surface area contributed by atoms with Crippen molar-refractivity contribution in [2.75, 3.05) is 6.54 Å². The normalized spacial score (nSPS) is 10.4. The monoisotopic (exact) mass is 270 g/mol. The average Bonchev–Trinajstić information content (AvgIpc) is 2.27. The van der Waals surface area contributed by atoms with Gasteiger partial charge in [-0.2, -0.15) is 0 Å². The van der Waals surface area contributed by atoms with Crippen LogP contribution in [0, 0.1) is 16.0 Å². The molecule has 5 nitrogen and oxygen atoms in total. The SMILES string of the molecule is CC(C)CCNC(=O)c1cc(Cl)ccc1[N+](=O)[O-]. The average molecular weight is 271 g/mol. The van der Waals surface area contributed by atoms with Gasteiger partial charge in [0, 0.05) is 17.6 Å². The molecule has 0 saturated carbocycles. The number of rotatable bonds is 5. The van der Waals surface area contributed by atoms with E-state index < -0.39 is 10.8 Å². The Labute approximate surface area is 110 Å². The molecule has 98 valence electrons. The van der Waals surface area contributed by atoms with Crippen LogP contribution in [0.25, 0.3) is 0 Å². The molecular formula is C12H15ClN2O3. The Morgan fingerprint density at radius 1 is 1.50 bits per heavy atom. The predicted octanol–water partition coefficient (Wildman–Crippen LogP) is 3.02. The summed E-state index contributed by atoms with van der Waals surface area (Å²) >= 11 is 5.75. The molecule has 0 radical (unpaired) electrons. The maximum atomic E-state index is 11.8. The van der Waals surface area contributed by atoms with Gasteiger partial charge in [0.2, 0.25) is 0 Å². The molecule has 1 rings (SSSR count). The highest BCUT2D eigenvalue weighted by Gasteiger charge is 2.20. The maximum absolute atomic E-state index is 11.8. The molecule has 0 fully saturated rings. The van der Waals surface area contributed by atoms with Gasteiger partial charge in [-0.05, 0) is 24.5 Å². The molecule has 1 aromatic carbocycles. The van der Waals surface area contributed by atoms with Crippen molar-refractivity contribution in [3.63, 3.8) is 0 Å². The molecule has 0 spiro atoms. The van der Waals surface area contributed by atoms with Gasteiger partial charge < -0.3 is 5.32 Å². The minimum absolute atomic E-state index is 0.00347. The van der Waals surface area contributed by atoms with Gasteiger partial charge >= 0.3 is 0 Å². The van der Waals surface area contributed by atoms with E-state index in [0.717, 1.165) is 6.42 Å². The number of hydrogen-bond acceptors (Lipinski definition) is 3. The van der Waals surface area contributed by atoms with Crippen LogP contribution < -0.4 is 5.32 Å². The molecule has 6 heteroatoms. The van der Waals surface area contributed by atoms with Gasteiger partial charge in [-0.25, -0.2) is 0 Å². The summed E-state index contributed by atoms with van der Waals surface area (Å²) in [6.45, 7) is 4.56. The predicted molar refractivity (Wildman–Crippen MR) is 69.9 cm³/mol. The van der Waals surface area contributed by atoms with E-state index in [4.69, 9.17) is 11.6 Å². The van der Waals surface area contributed by atoms with Gasteiger partial charge in [0.05, 0.1) is 4.92 Å². The molecule has 0 saturated heterocycles. The third-order valence-electron chi connectivity index (χ3n) is 2.41. The number of benzene rings is 1.